The largest absolute Gasteiger partial charge is 0.481 e. The Bertz CT molecular complexity index is 289. The van der Waals surface area contributed by atoms with Crippen molar-refractivity contribution in [2.24, 2.45) is 11.8 Å². The van der Waals surface area contributed by atoms with Gasteiger partial charge in [-0.15, -0.1) is 0 Å². The van der Waals surface area contributed by atoms with E-state index in [4.69, 9.17) is 5.11 Å². The third-order valence-electron chi connectivity index (χ3n) is 2.88. The van der Waals surface area contributed by atoms with Gasteiger partial charge in [-0.1, -0.05) is 6.92 Å². The Labute approximate surface area is 96.6 Å². The number of carbonyl (C=O) groups is 2. The fourth-order valence-electron chi connectivity index (χ4n) is 1.60. The van der Waals surface area contributed by atoms with E-state index in [9.17, 15) is 9.59 Å². The lowest BCUT2D eigenvalue weighted by atomic mass is 10.0. The van der Waals surface area contributed by atoms with E-state index in [0.717, 1.165) is 12.8 Å². The lowest BCUT2D eigenvalue weighted by Crippen LogP contribution is -2.49. The van der Waals surface area contributed by atoms with Gasteiger partial charge in [-0.25, -0.2) is 0 Å². The topological polar surface area (TPSA) is 57.6 Å². The van der Waals surface area contributed by atoms with Gasteiger partial charge in [0.05, 0.1) is 5.92 Å². The summed E-state index contributed by atoms with van der Waals surface area (Å²) in [6.45, 7) is 7.78. The van der Waals surface area contributed by atoms with Gasteiger partial charge in [0.2, 0.25) is 5.91 Å². The average molecular weight is 227 g/mol. The minimum atomic E-state index is -0.849. The molecule has 1 fully saturated rings. The SMILES string of the molecule is CC(CN(C(=O)C1CC1)C(C)(C)C)C(=O)O. The molecular formula is C12H21NO3. The number of aliphatic carboxylic acids is 1. The fourth-order valence-corrected chi connectivity index (χ4v) is 1.60. The lowest BCUT2D eigenvalue weighted by Gasteiger charge is -2.37. The normalized spacial score (nSPS) is 18.0. The minimum absolute atomic E-state index is 0.112. The number of carboxylic acids is 1. The monoisotopic (exact) mass is 227 g/mol. The van der Waals surface area contributed by atoms with Crippen molar-refractivity contribution in [3.63, 3.8) is 0 Å². The number of carbonyl (C=O) groups excluding carboxylic acids is 1. The Morgan fingerprint density at radius 1 is 1.38 bits per heavy atom. The zero-order valence-corrected chi connectivity index (χ0v) is 10.5. The first-order chi connectivity index (χ1) is 7.23. The van der Waals surface area contributed by atoms with Crippen LogP contribution in [0.1, 0.15) is 40.5 Å². The summed E-state index contributed by atoms with van der Waals surface area (Å²) >= 11 is 0. The van der Waals surface area contributed by atoms with Crippen LogP contribution >= 0.6 is 0 Å². The molecule has 0 aromatic carbocycles. The molecule has 16 heavy (non-hydrogen) atoms. The summed E-state index contributed by atoms with van der Waals surface area (Å²) in [4.78, 5) is 24.6. The number of carboxylic acid groups (broad SMARTS) is 1. The van der Waals surface area contributed by atoms with E-state index >= 15 is 0 Å². The van der Waals surface area contributed by atoms with Gasteiger partial charge in [0.15, 0.2) is 0 Å². The highest BCUT2D eigenvalue weighted by Gasteiger charge is 2.38. The summed E-state index contributed by atoms with van der Waals surface area (Å²) in [7, 11) is 0. The molecular weight excluding hydrogens is 206 g/mol. The Balaban J connectivity index is 2.71. The van der Waals surface area contributed by atoms with Gasteiger partial charge in [-0.2, -0.15) is 0 Å². The first kappa shape index (κ1) is 13.0. The van der Waals surface area contributed by atoms with Gasteiger partial charge in [0.1, 0.15) is 0 Å². The molecule has 1 amide bonds. The van der Waals surface area contributed by atoms with Gasteiger partial charge >= 0.3 is 5.97 Å². The van der Waals surface area contributed by atoms with Crippen LogP contribution < -0.4 is 0 Å². The molecule has 0 aromatic rings. The van der Waals surface area contributed by atoms with Crippen molar-refractivity contribution in [3.8, 4) is 0 Å². The van der Waals surface area contributed by atoms with Crippen LogP contribution in [0.3, 0.4) is 0 Å². The van der Waals surface area contributed by atoms with E-state index in [2.05, 4.69) is 0 Å². The molecule has 1 aliphatic rings. The highest BCUT2D eigenvalue weighted by atomic mass is 16.4. The number of hydrogen-bond donors (Lipinski definition) is 1. The van der Waals surface area contributed by atoms with Gasteiger partial charge in [0, 0.05) is 18.0 Å². The molecule has 0 saturated heterocycles. The zero-order valence-electron chi connectivity index (χ0n) is 10.5. The maximum Gasteiger partial charge on any atom is 0.308 e. The van der Waals surface area contributed by atoms with E-state index in [-0.39, 0.29) is 17.4 Å². The Kier molecular flexibility index (Phi) is 3.61. The summed E-state index contributed by atoms with van der Waals surface area (Å²) in [5.41, 5.74) is -0.302. The van der Waals surface area contributed by atoms with E-state index in [0.29, 0.717) is 6.54 Å². The number of rotatable bonds is 4. The van der Waals surface area contributed by atoms with E-state index in [1.54, 1.807) is 11.8 Å². The summed E-state index contributed by atoms with van der Waals surface area (Å²) in [5, 5.41) is 8.89. The van der Waals surface area contributed by atoms with Crippen molar-refractivity contribution in [2.45, 2.75) is 46.1 Å². The van der Waals surface area contributed by atoms with E-state index < -0.39 is 11.9 Å². The van der Waals surface area contributed by atoms with Gasteiger partial charge in [-0.3, -0.25) is 9.59 Å². The van der Waals surface area contributed by atoms with E-state index in [1.165, 1.54) is 0 Å². The maximum atomic E-state index is 12.0. The average Bonchev–Trinajstić information content (AvgIpc) is 2.93. The van der Waals surface area contributed by atoms with Gasteiger partial charge in [-0.05, 0) is 33.6 Å². The summed E-state index contributed by atoms with van der Waals surface area (Å²) in [6, 6.07) is 0. The third-order valence-corrected chi connectivity index (χ3v) is 2.88. The number of amides is 1. The molecule has 0 aliphatic heterocycles. The van der Waals surface area contributed by atoms with Crippen molar-refractivity contribution in [2.75, 3.05) is 6.54 Å². The maximum absolute atomic E-state index is 12.0. The molecule has 1 atom stereocenters. The fraction of sp³-hybridized carbons (Fsp3) is 0.833. The lowest BCUT2D eigenvalue weighted by molar-refractivity contribution is -0.145. The van der Waals surface area contributed by atoms with Gasteiger partial charge < -0.3 is 10.0 Å². The van der Waals surface area contributed by atoms with Crippen LogP contribution in [-0.4, -0.2) is 34.0 Å². The highest BCUT2D eigenvalue weighted by Crippen LogP contribution is 2.33. The molecule has 0 radical (unpaired) electrons. The molecule has 1 N–H and O–H groups in total. The second kappa shape index (κ2) is 4.44. The smallest absolute Gasteiger partial charge is 0.308 e. The van der Waals surface area contributed by atoms with Crippen molar-refractivity contribution >= 4 is 11.9 Å². The predicted octanol–water partition coefficient (Wildman–Crippen LogP) is 1.74. The first-order valence-electron chi connectivity index (χ1n) is 5.77. The van der Waals surface area contributed by atoms with Crippen LogP contribution in [0.5, 0.6) is 0 Å². The number of nitrogens with zero attached hydrogens (tertiary/aromatic N) is 1. The van der Waals surface area contributed by atoms with Crippen LogP contribution in [0, 0.1) is 11.8 Å². The van der Waals surface area contributed by atoms with Crippen molar-refractivity contribution < 1.29 is 14.7 Å². The summed E-state index contributed by atoms with van der Waals surface area (Å²) in [5.74, 6) is -1.11. The summed E-state index contributed by atoms with van der Waals surface area (Å²) in [6.07, 6.45) is 1.90. The molecule has 92 valence electrons. The van der Waals surface area contributed by atoms with Gasteiger partial charge in [0.25, 0.3) is 0 Å². The molecule has 1 unspecified atom stereocenters. The molecule has 0 aromatic heterocycles. The summed E-state index contributed by atoms with van der Waals surface area (Å²) < 4.78 is 0. The molecule has 4 heteroatoms. The Hall–Kier alpha value is -1.06. The van der Waals surface area contributed by atoms with Crippen molar-refractivity contribution in [1.82, 2.24) is 4.90 Å². The second-order valence-electron chi connectivity index (χ2n) is 5.63. The van der Waals surface area contributed by atoms with Crippen LogP contribution in [-0.2, 0) is 9.59 Å². The molecule has 0 spiro atoms. The van der Waals surface area contributed by atoms with Crippen molar-refractivity contribution in [3.05, 3.63) is 0 Å². The molecule has 1 saturated carbocycles. The predicted molar refractivity (Wildman–Crippen MR) is 61.0 cm³/mol. The first-order valence-corrected chi connectivity index (χ1v) is 5.77. The molecule has 1 rings (SSSR count). The molecule has 0 heterocycles. The molecule has 1 aliphatic carbocycles. The quantitative estimate of drug-likeness (QED) is 0.796. The van der Waals surface area contributed by atoms with Crippen LogP contribution in [0.15, 0.2) is 0 Å². The van der Waals surface area contributed by atoms with Crippen LogP contribution in [0.4, 0.5) is 0 Å². The standard InChI is InChI=1S/C12H21NO3/c1-8(11(15)16)7-13(12(2,3)4)10(14)9-5-6-9/h8-9H,5-7H2,1-4H3,(H,15,16). The zero-order chi connectivity index (χ0) is 12.5. The Morgan fingerprint density at radius 2 is 1.88 bits per heavy atom. The minimum Gasteiger partial charge on any atom is -0.481 e. The van der Waals surface area contributed by atoms with Crippen LogP contribution in [0.2, 0.25) is 0 Å². The molecule has 0 bridgehead atoms. The van der Waals surface area contributed by atoms with E-state index in [1.807, 2.05) is 20.8 Å². The molecule has 4 nitrogen and oxygen atoms in total. The number of hydrogen-bond acceptors (Lipinski definition) is 2. The van der Waals surface area contributed by atoms with Crippen LogP contribution in [0.25, 0.3) is 0 Å². The van der Waals surface area contributed by atoms with Crippen molar-refractivity contribution in [1.29, 1.82) is 0 Å². The second-order valence-corrected chi connectivity index (χ2v) is 5.63. The highest BCUT2D eigenvalue weighted by molar-refractivity contribution is 5.82. The third kappa shape index (κ3) is 3.22. The Morgan fingerprint density at radius 3 is 2.19 bits per heavy atom.